The quantitative estimate of drug-likeness (QED) is 0.783. The number of amides is 2. The van der Waals surface area contributed by atoms with E-state index in [0.717, 1.165) is 12.0 Å². The van der Waals surface area contributed by atoms with Crippen LogP contribution in [-0.4, -0.2) is 18.4 Å². The predicted octanol–water partition coefficient (Wildman–Crippen LogP) is 2.60. The Morgan fingerprint density at radius 3 is 2.42 bits per heavy atom. The van der Waals surface area contributed by atoms with Crippen LogP contribution in [0.2, 0.25) is 0 Å². The number of hydrazine groups is 1. The Kier molecular flexibility index (Phi) is 6.75. The summed E-state index contributed by atoms with van der Waals surface area (Å²) in [5, 5.41) is 8.97. The third-order valence-electron chi connectivity index (χ3n) is 3.54. The molecule has 6 nitrogen and oxygen atoms in total. The van der Waals surface area contributed by atoms with E-state index in [1.54, 1.807) is 36.4 Å². The lowest BCUT2D eigenvalue weighted by Gasteiger charge is -2.10. The molecule has 0 atom stereocenters. The molecule has 0 bridgehead atoms. The van der Waals surface area contributed by atoms with Crippen LogP contribution in [0.4, 0.5) is 0 Å². The minimum absolute atomic E-state index is 0.313. The van der Waals surface area contributed by atoms with E-state index in [1.165, 1.54) is 0 Å². The number of hydrogen-bond acceptors (Lipinski definition) is 4. The fraction of sp³-hybridized carbons (Fsp3) is 0.250. The van der Waals surface area contributed by atoms with Gasteiger partial charge in [0.1, 0.15) is 11.8 Å². The molecule has 0 aliphatic rings. The number of rotatable bonds is 6. The molecular weight excluding hydrogens is 330 g/mol. The van der Waals surface area contributed by atoms with Crippen LogP contribution in [0.1, 0.15) is 35.3 Å². The highest BCUT2D eigenvalue weighted by Gasteiger charge is 2.09. The summed E-state index contributed by atoms with van der Waals surface area (Å²) >= 11 is 0. The lowest BCUT2D eigenvalue weighted by atomic mass is 10.0. The zero-order valence-electron chi connectivity index (χ0n) is 14.8. The first-order chi connectivity index (χ1) is 12.5. The molecule has 26 heavy (non-hydrogen) atoms. The van der Waals surface area contributed by atoms with Crippen molar-refractivity contribution in [3.63, 3.8) is 0 Å². The molecule has 0 saturated heterocycles. The zero-order valence-corrected chi connectivity index (χ0v) is 14.8. The molecule has 2 rings (SSSR count). The highest BCUT2D eigenvalue weighted by Crippen LogP contribution is 2.16. The Morgan fingerprint density at radius 1 is 1.08 bits per heavy atom. The van der Waals surface area contributed by atoms with Gasteiger partial charge >= 0.3 is 0 Å². The smallest absolute Gasteiger partial charge is 0.276 e. The van der Waals surface area contributed by atoms with E-state index in [2.05, 4.69) is 24.7 Å². The van der Waals surface area contributed by atoms with Gasteiger partial charge in [0.2, 0.25) is 0 Å². The normalized spacial score (nSPS) is 10.1. The second-order valence-electron chi connectivity index (χ2n) is 6.19. The zero-order chi connectivity index (χ0) is 18.9. The van der Waals surface area contributed by atoms with Gasteiger partial charge in [-0.1, -0.05) is 38.1 Å². The maximum atomic E-state index is 12.0. The van der Waals surface area contributed by atoms with Gasteiger partial charge in [-0.3, -0.25) is 20.4 Å². The number of ether oxygens (including phenoxy) is 1. The maximum Gasteiger partial charge on any atom is 0.276 e. The molecule has 0 saturated carbocycles. The molecule has 0 aliphatic carbocycles. The van der Waals surface area contributed by atoms with Crippen molar-refractivity contribution in [2.75, 3.05) is 6.61 Å². The average molecular weight is 351 g/mol. The van der Waals surface area contributed by atoms with E-state index < -0.39 is 11.8 Å². The first kappa shape index (κ1) is 19.0. The summed E-state index contributed by atoms with van der Waals surface area (Å²) in [5.41, 5.74) is 6.58. The Balaban J connectivity index is 1.81. The van der Waals surface area contributed by atoms with E-state index in [4.69, 9.17) is 10.00 Å². The molecule has 6 heteroatoms. The number of benzene rings is 2. The van der Waals surface area contributed by atoms with Crippen molar-refractivity contribution in [1.82, 2.24) is 10.9 Å². The molecule has 0 fully saturated rings. The fourth-order valence-corrected chi connectivity index (χ4v) is 2.33. The Morgan fingerprint density at radius 2 is 1.77 bits per heavy atom. The molecule has 2 aromatic rings. The maximum absolute atomic E-state index is 12.0. The number of para-hydroxylation sites is 1. The lowest BCUT2D eigenvalue weighted by molar-refractivity contribution is -0.123. The van der Waals surface area contributed by atoms with Crippen LogP contribution in [0, 0.1) is 17.2 Å². The van der Waals surface area contributed by atoms with Gasteiger partial charge in [0, 0.05) is 5.56 Å². The Hall–Kier alpha value is -3.33. The minimum atomic E-state index is -0.525. The number of carbonyl (C=O) groups is 2. The summed E-state index contributed by atoms with van der Waals surface area (Å²) in [6.07, 6.45) is 0.945. The van der Waals surface area contributed by atoms with Crippen LogP contribution in [0.3, 0.4) is 0 Å². The Bertz CT molecular complexity index is 808. The standard InChI is InChI=1S/C20H21N3O3/c1-14(2)11-15-7-9-16(10-8-15)20(25)23-22-19(24)13-26-18-6-4-3-5-17(18)12-21/h3-10,14H,11,13H2,1-2H3,(H,22,24)(H,23,25). The van der Waals surface area contributed by atoms with E-state index in [0.29, 0.717) is 22.8 Å². The summed E-state index contributed by atoms with van der Waals surface area (Å²) < 4.78 is 5.29. The molecule has 2 aromatic carbocycles. The monoisotopic (exact) mass is 351 g/mol. The SMILES string of the molecule is CC(C)Cc1ccc(C(=O)NNC(=O)COc2ccccc2C#N)cc1. The van der Waals surface area contributed by atoms with Crippen molar-refractivity contribution in [2.45, 2.75) is 20.3 Å². The summed E-state index contributed by atoms with van der Waals surface area (Å²) in [6, 6.07) is 15.8. The van der Waals surface area contributed by atoms with Crippen LogP contribution < -0.4 is 15.6 Å². The number of hydrogen-bond donors (Lipinski definition) is 2. The molecule has 0 unspecified atom stereocenters. The largest absolute Gasteiger partial charge is 0.482 e. The number of nitriles is 1. The summed E-state index contributed by atoms with van der Waals surface area (Å²) in [7, 11) is 0. The van der Waals surface area contributed by atoms with Crippen molar-refractivity contribution in [2.24, 2.45) is 5.92 Å². The van der Waals surface area contributed by atoms with Crippen molar-refractivity contribution in [3.05, 3.63) is 65.2 Å². The molecule has 2 N–H and O–H groups in total. The summed E-state index contributed by atoms with van der Waals surface area (Å²) in [6.45, 7) is 3.95. The summed E-state index contributed by atoms with van der Waals surface area (Å²) in [5.74, 6) is -0.0771. The molecule has 0 aromatic heterocycles. The molecule has 0 spiro atoms. The molecule has 2 amide bonds. The van der Waals surface area contributed by atoms with Gasteiger partial charge in [0.15, 0.2) is 6.61 Å². The van der Waals surface area contributed by atoms with Gasteiger partial charge in [0.25, 0.3) is 11.8 Å². The lowest BCUT2D eigenvalue weighted by Crippen LogP contribution is -2.43. The van der Waals surface area contributed by atoms with Crippen molar-refractivity contribution < 1.29 is 14.3 Å². The van der Waals surface area contributed by atoms with Gasteiger partial charge in [-0.05, 0) is 42.2 Å². The van der Waals surface area contributed by atoms with Crippen LogP contribution >= 0.6 is 0 Å². The third-order valence-corrected chi connectivity index (χ3v) is 3.54. The highest BCUT2D eigenvalue weighted by atomic mass is 16.5. The van der Waals surface area contributed by atoms with Crippen molar-refractivity contribution in [1.29, 1.82) is 5.26 Å². The number of nitrogens with zero attached hydrogens (tertiary/aromatic N) is 1. The molecule has 0 radical (unpaired) electrons. The van der Waals surface area contributed by atoms with Crippen molar-refractivity contribution >= 4 is 11.8 Å². The predicted molar refractivity (Wildman–Crippen MR) is 97.2 cm³/mol. The fourth-order valence-electron chi connectivity index (χ4n) is 2.33. The van der Waals surface area contributed by atoms with Gasteiger partial charge < -0.3 is 4.74 Å². The van der Waals surface area contributed by atoms with Gasteiger partial charge in [-0.25, -0.2) is 0 Å². The van der Waals surface area contributed by atoms with E-state index in [9.17, 15) is 9.59 Å². The van der Waals surface area contributed by atoms with Gasteiger partial charge in [-0.15, -0.1) is 0 Å². The first-order valence-corrected chi connectivity index (χ1v) is 8.29. The van der Waals surface area contributed by atoms with E-state index in [-0.39, 0.29) is 6.61 Å². The summed E-state index contributed by atoms with van der Waals surface area (Å²) in [4.78, 5) is 23.8. The number of carbonyl (C=O) groups excluding carboxylic acids is 2. The molecular formula is C20H21N3O3. The van der Waals surface area contributed by atoms with E-state index >= 15 is 0 Å². The second-order valence-corrected chi connectivity index (χ2v) is 6.19. The topological polar surface area (TPSA) is 91.2 Å². The van der Waals surface area contributed by atoms with Crippen LogP contribution in [0.15, 0.2) is 48.5 Å². The number of nitrogens with one attached hydrogen (secondary N) is 2. The van der Waals surface area contributed by atoms with Crippen molar-refractivity contribution in [3.8, 4) is 11.8 Å². The molecule has 134 valence electrons. The minimum Gasteiger partial charge on any atom is -0.482 e. The first-order valence-electron chi connectivity index (χ1n) is 8.29. The van der Waals surface area contributed by atoms with Crippen LogP contribution in [0.25, 0.3) is 0 Å². The third kappa shape index (κ3) is 5.64. The van der Waals surface area contributed by atoms with Crippen LogP contribution in [0.5, 0.6) is 5.75 Å². The Labute approximate surface area is 152 Å². The molecule has 0 heterocycles. The van der Waals surface area contributed by atoms with E-state index in [1.807, 2.05) is 18.2 Å². The second kappa shape index (κ2) is 9.23. The van der Waals surface area contributed by atoms with Gasteiger partial charge in [0.05, 0.1) is 5.56 Å². The highest BCUT2D eigenvalue weighted by molar-refractivity contribution is 5.95. The average Bonchev–Trinajstić information content (AvgIpc) is 2.64. The van der Waals surface area contributed by atoms with Gasteiger partial charge in [-0.2, -0.15) is 5.26 Å². The molecule has 0 aliphatic heterocycles. The van der Waals surface area contributed by atoms with Crippen LogP contribution in [-0.2, 0) is 11.2 Å².